The van der Waals surface area contributed by atoms with E-state index in [1.807, 2.05) is 0 Å². The molecular weight excluding hydrogens is 320 g/mol. The zero-order chi connectivity index (χ0) is 16.1. The molecule has 0 aliphatic carbocycles. The summed E-state index contributed by atoms with van der Waals surface area (Å²) in [5.74, 6) is -0.583. The van der Waals surface area contributed by atoms with Crippen LogP contribution in [0, 0.1) is 0 Å². The first kappa shape index (κ1) is 18.3. The maximum Gasteiger partial charge on any atom is 0.305 e. The van der Waals surface area contributed by atoms with Gasteiger partial charge in [-0.2, -0.15) is 0 Å². The van der Waals surface area contributed by atoms with Crippen LogP contribution < -0.4 is 4.72 Å². The molecule has 124 valence electrons. The number of esters is 1. The van der Waals surface area contributed by atoms with Crippen LogP contribution in [-0.2, 0) is 29.6 Å². The molecule has 1 saturated heterocycles. The minimum absolute atomic E-state index is 0.0595. The lowest BCUT2D eigenvalue weighted by atomic mass is 10.1. The zero-order valence-corrected chi connectivity index (χ0v) is 13.9. The van der Waals surface area contributed by atoms with Gasteiger partial charge in [-0.3, -0.25) is 4.79 Å². The number of nitrogens with zero attached hydrogens (tertiary/aromatic N) is 1. The topological polar surface area (TPSA) is 110 Å². The summed E-state index contributed by atoms with van der Waals surface area (Å²) in [4.78, 5) is 10.9. The second-order valence-corrected chi connectivity index (χ2v) is 8.91. The summed E-state index contributed by atoms with van der Waals surface area (Å²) in [5.41, 5.74) is 0. The number of rotatable bonds is 7. The van der Waals surface area contributed by atoms with Gasteiger partial charge in [-0.05, 0) is 19.3 Å². The number of hydrogen-bond donors (Lipinski definition) is 1. The average Bonchev–Trinajstić information content (AvgIpc) is 2.37. The van der Waals surface area contributed by atoms with Crippen LogP contribution in [0.2, 0.25) is 0 Å². The van der Waals surface area contributed by atoms with Gasteiger partial charge < -0.3 is 4.74 Å². The summed E-state index contributed by atoms with van der Waals surface area (Å²) in [6.07, 6.45) is 2.30. The summed E-state index contributed by atoms with van der Waals surface area (Å²) in [6.45, 7) is 0.627. The Hall–Kier alpha value is -0.710. The molecule has 0 aromatic carbocycles. The van der Waals surface area contributed by atoms with Gasteiger partial charge in [0.05, 0.1) is 19.1 Å². The number of carbonyl (C=O) groups is 1. The van der Waals surface area contributed by atoms with E-state index >= 15 is 0 Å². The third kappa shape index (κ3) is 6.72. The normalized spacial score (nSPS) is 18.6. The maximum absolute atomic E-state index is 11.9. The zero-order valence-electron chi connectivity index (χ0n) is 12.2. The van der Waals surface area contributed by atoms with Crippen molar-refractivity contribution in [2.75, 3.05) is 32.2 Å². The lowest BCUT2D eigenvalue weighted by Gasteiger charge is -2.30. The highest BCUT2D eigenvalue weighted by Gasteiger charge is 2.27. The van der Waals surface area contributed by atoms with Gasteiger partial charge >= 0.3 is 5.97 Å². The van der Waals surface area contributed by atoms with E-state index in [1.54, 1.807) is 0 Å². The van der Waals surface area contributed by atoms with Crippen LogP contribution in [0.15, 0.2) is 0 Å². The van der Waals surface area contributed by atoms with E-state index in [9.17, 15) is 21.6 Å². The van der Waals surface area contributed by atoms with Gasteiger partial charge in [-0.15, -0.1) is 0 Å². The summed E-state index contributed by atoms with van der Waals surface area (Å²) in [7, 11) is -5.42. The maximum atomic E-state index is 11.9. The number of nitrogens with one attached hydrogen (secondary N) is 1. The predicted octanol–water partition coefficient (Wildman–Crippen LogP) is -0.717. The van der Waals surface area contributed by atoms with Crippen LogP contribution >= 0.6 is 0 Å². The van der Waals surface area contributed by atoms with Crippen molar-refractivity contribution in [1.29, 1.82) is 0 Å². The summed E-state index contributed by atoms with van der Waals surface area (Å²) < 4.78 is 54.8. The monoisotopic (exact) mass is 342 g/mol. The first-order chi connectivity index (χ1) is 9.64. The summed E-state index contributed by atoms with van der Waals surface area (Å²) >= 11 is 0. The molecule has 0 unspecified atom stereocenters. The number of carbonyl (C=O) groups excluding carboxylic acids is 1. The molecule has 1 rings (SSSR count). The van der Waals surface area contributed by atoms with Crippen LogP contribution in [0.4, 0.5) is 0 Å². The average molecular weight is 342 g/mol. The van der Waals surface area contributed by atoms with E-state index in [4.69, 9.17) is 0 Å². The van der Waals surface area contributed by atoms with Gasteiger partial charge in [0.15, 0.2) is 0 Å². The summed E-state index contributed by atoms with van der Waals surface area (Å²) in [5, 5.41) is 0. The van der Waals surface area contributed by atoms with Crippen molar-refractivity contribution in [2.24, 2.45) is 0 Å². The van der Waals surface area contributed by atoms with E-state index in [1.165, 1.54) is 11.4 Å². The van der Waals surface area contributed by atoms with E-state index in [-0.39, 0.29) is 24.6 Å². The lowest BCUT2D eigenvalue weighted by molar-refractivity contribution is -0.140. The molecule has 0 aromatic heterocycles. The Morgan fingerprint density at radius 3 is 2.29 bits per heavy atom. The molecule has 1 heterocycles. The van der Waals surface area contributed by atoms with E-state index in [2.05, 4.69) is 9.46 Å². The fraction of sp³-hybridized carbons (Fsp3) is 0.909. The van der Waals surface area contributed by atoms with Crippen molar-refractivity contribution in [3.63, 3.8) is 0 Å². The number of methoxy groups -OCH3 is 1. The Morgan fingerprint density at radius 2 is 1.81 bits per heavy atom. The third-order valence-corrected chi connectivity index (χ3v) is 6.11. The van der Waals surface area contributed by atoms with Crippen molar-refractivity contribution in [3.8, 4) is 0 Å². The Labute approximate surface area is 125 Å². The molecule has 0 amide bonds. The molecule has 1 aliphatic heterocycles. The van der Waals surface area contributed by atoms with E-state index in [0.29, 0.717) is 25.9 Å². The number of ether oxygens (including phenoxy) is 1. The summed E-state index contributed by atoms with van der Waals surface area (Å²) in [6, 6.07) is -0.258. The Kier molecular flexibility index (Phi) is 6.57. The van der Waals surface area contributed by atoms with Crippen LogP contribution in [0.1, 0.15) is 25.7 Å². The van der Waals surface area contributed by atoms with Gasteiger partial charge in [0, 0.05) is 25.6 Å². The molecule has 1 N–H and O–H groups in total. The SMILES string of the molecule is COC(=O)CCCS(=O)(=O)NC1CCN(S(C)(=O)=O)CC1. The second kappa shape index (κ2) is 7.52. The minimum atomic E-state index is -3.46. The molecule has 0 aromatic rings. The van der Waals surface area contributed by atoms with Crippen LogP contribution in [0.25, 0.3) is 0 Å². The number of sulfonamides is 2. The Bertz CT molecular complexity index is 549. The fourth-order valence-electron chi connectivity index (χ4n) is 2.13. The van der Waals surface area contributed by atoms with Gasteiger partial charge in [0.1, 0.15) is 0 Å². The van der Waals surface area contributed by atoms with Gasteiger partial charge in [0.2, 0.25) is 20.0 Å². The first-order valence-corrected chi connectivity index (χ1v) is 10.2. The molecule has 21 heavy (non-hydrogen) atoms. The second-order valence-electron chi connectivity index (χ2n) is 5.05. The van der Waals surface area contributed by atoms with Gasteiger partial charge in [-0.25, -0.2) is 25.9 Å². The molecule has 0 bridgehead atoms. The lowest BCUT2D eigenvalue weighted by Crippen LogP contribution is -2.46. The molecule has 1 fully saturated rings. The Morgan fingerprint density at radius 1 is 1.24 bits per heavy atom. The molecular formula is C11H22N2O6S2. The minimum Gasteiger partial charge on any atom is -0.469 e. The highest BCUT2D eigenvalue weighted by molar-refractivity contribution is 7.89. The molecule has 8 nitrogen and oxygen atoms in total. The quantitative estimate of drug-likeness (QED) is 0.612. The number of hydrogen-bond acceptors (Lipinski definition) is 6. The van der Waals surface area contributed by atoms with Crippen molar-refractivity contribution < 1.29 is 26.4 Å². The molecule has 0 spiro atoms. The molecule has 10 heteroatoms. The molecule has 1 aliphatic rings. The van der Waals surface area contributed by atoms with Gasteiger partial charge in [-0.1, -0.05) is 0 Å². The molecule has 0 saturated carbocycles. The predicted molar refractivity (Wildman–Crippen MR) is 77.6 cm³/mol. The van der Waals surface area contributed by atoms with Crippen molar-refractivity contribution in [1.82, 2.24) is 9.03 Å². The largest absolute Gasteiger partial charge is 0.469 e. The van der Waals surface area contributed by atoms with E-state index < -0.39 is 26.0 Å². The Balaban J connectivity index is 2.38. The molecule has 0 atom stereocenters. The standard InChI is InChI=1S/C11H22N2O6S2/c1-19-11(14)4-3-9-21(17,18)12-10-5-7-13(8-6-10)20(2,15)16/h10,12H,3-9H2,1-2H3. The smallest absolute Gasteiger partial charge is 0.305 e. The van der Waals surface area contributed by atoms with Crippen molar-refractivity contribution in [2.45, 2.75) is 31.7 Å². The number of piperidine rings is 1. The fourth-order valence-corrected chi connectivity index (χ4v) is 4.39. The van der Waals surface area contributed by atoms with E-state index in [0.717, 1.165) is 6.26 Å². The van der Waals surface area contributed by atoms with Crippen LogP contribution in [0.3, 0.4) is 0 Å². The third-order valence-electron chi connectivity index (χ3n) is 3.29. The first-order valence-electron chi connectivity index (χ1n) is 6.66. The molecule has 0 radical (unpaired) electrons. The van der Waals surface area contributed by atoms with Crippen molar-refractivity contribution >= 4 is 26.0 Å². The van der Waals surface area contributed by atoms with Crippen LogP contribution in [-0.4, -0.2) is 65.4 Å². The van der Waals surface area contributed by atoms with Crippen molar-refractivity contribution in [3.05, 3.63) is 0 Å². The highest BCUT2D eigenvalue weighted by Crippen LogP contribution is 2.14. The van der Waals surface area contributed by atoms with Gasteiger partial charge in [0.25, 0.3) is 0 Å². The highest BCUT2D eigenvalue weighted by atomic mass is 32.2. The van der Waals surface area contributed by atoms with Crippen LogP contribution in [0.5, 0.6) is 0 Å².